The minimum atomic E-state index is -0.321. The van der Waals surface area contributed by atoms with Gasteiger partial charge in [-0.25, -0.2) is 14.8 Å². The third kappa shape index (κ3) is 3.60. The summed E-state index contributed by atoms with van der Waals surface area (Å²) in [5, 5.41) is 1.11. The minimum Gasteiger partial charge on any atom is -0.274 e. The van der Waals surface area contributed by atoms with Gasteiger partial charge in [0.2, 0.25) is 5.91 Å². The quantitative estimate of drug-likeness (QED) is 0.822. The third-order valence-electron chi connectivity index (χ3n) is 4.66. The zero-order valence-corrected chi connectivity index (χ0v) is 16.1. The molecule has 140 valence electrons. The normalized spacial score (nSPS) is 22.0. The Labute approximate surface area is 166 Å². The van der Waals surface area contributed by atoms with E-state index in [2.05, 4.69) is 10.9 Å². The summed E-state index contributed by atoms with van der Waals surface area (Å²) < 4.78 is 14.0. The van der Waals surface area contributed by atoms with E-state index in [4.69, 9.17) is 16.6 Å². The van der Waals surface area contributed by atoms with Crippen LogP contribution in [0, 0.1) is 18.7 Å². The van der Waals surface area contributed by atoms with Gasteiger partial charge in [-0.05, 0) is 36.2 Å². The number of hydrazine groups is 1. The summed E-state index contributed by atoms with van der Waals surface area (Å²) in [4.78, 5) is 19.4. The standard InChI is InChI=1S/C19H18ClFN4OS/c1-11-6-7-13(8-15(11)20)25-18(26)14-9-22-24-17(14)23-19(25)27-10-12-4-2-3-5-16(12)21/h2-8,14,17,22,24H,9-10H2,1H3. The van der Waals surface area contributed by atoms with Crippen molar-refractivity contribution in [2.24, 2.45) is 10.9 Å². The SMILES string of the molecule is Cc1ccc(N2C(=O)C3CNNC3N=C2SCc2ccccc2F)cc1Cl. The highest BCUT2D eigenvalue weighted by Gasteiger charge is 2.42. The number of hydrogen-bond donors (Lipinski definition) is 2. The molecule has 0 saturated carbocycles. The van der Waals surface area contributed by atoms with Crippen LogP contribution in [0.25, 0.3) is 0 Å². The molecule has 2 heterocycles. The molecule has 1 fully saturated rings. The van der Waals surface area contributed by atoms with Crippen molar-refractivity contribution in [1.29, 1.82) is 0 Å². The Hall–Kier alpha value is -1.93. The van der Waals surface area contributed by atoms with Crippen LogP contribution in [0.5, 0.6) is 0 Å². The van der Waals surface area contributed by atoms with Gasteiger partial charge in [-0.15, -0.1) is 0 Å². The first-order chi connectivity index (χ1) is 13.0. The van der Waals surface area contributed by atoms with Gasteiger partial charge in [0.1, 0.15) is 12.0 Å². The Morgan fingerprint density at radius 3 is 2.93 bits per heavy atom. The fourth-order valence-corrected chi connectivity index (χ4v) is 4.29. The summed E-state index contributed by atoms with van der Waals surface area (Å²) in [5.41, 5.74) is 8.18. The van der Waals surface area contributed by atoms with Crippen molar-refractivity contribution in [2.45, 2.75) is 18.8 Å². The van der Waals surface area contributed by atoms with Gasteiger partial charge in [-0.2, -0.15) is 0 Å². The summed E-state index contributed by atoms with van der Waals surface area (Å²) in [6.45, 7) is 2.42. The molecule has 5 nitrogen and oxygen atoms in total. The molecule has 2 aromatic carbocycles. The highest BCUT2D eigenvalue weighted by atomic mass is 35.5. The maximum atomic E-state index is 14.0. The lowest BCUT2D eigenvalue weighted by Crippen LogP contribution is -2.49. The molecule has 1 amide bonds. The summed E-state index contributed by atoms with van der Waals surface area (Å²) >= 11 is 7.61. The topological polar surface area (TPSA) is 56.7 Å². The third-order valence-corrected chi connectivity index (χ3v) is 6.07. The number of nitrogens with zero attached hydrogens (tertiary/aromatic N) is 2. The number of thioether (sulfide) groups is 1. The van der Waals surface area contributed by atoms with Gasteiger partial charge >= 0.3 is 0 Å². The van der Waals surface area contributed by atoms with Crippen LogP contribution in [0.15, 0.2) is 47.5 Å². The van der Waals surface area contributed by atoms with Crippen molar-refractivity contribution in [2.75, 3.05) is 11.4 Å². The van der Waals surface area contributed by atoms with Gasteiger partial charge in [-0.1, -0.05) is 47.6 Å². The zero-order chi connectivity index (χ0) is 19.0. The first-order valence-electron chi connectivity index (χ1n) is 8.57. The number of rotatable bonds is 3. The molecule has 27 heavy (non-hydrogen) atoms. The maximum Gasteiger partial charge on any atom is 0.241 e. The van der Waals surface area contributed by atoms with Crippen LogP contribution in [-0.4, -0.2) is 23.8 Å². The Balaban J connectivity index is 1.67. The van der Waals surface area contributed by atoms with E-state index < -0.39 is 0 Å². The van der Waals surface area contributed by atoms with E-state index in [1.54, 1.807) is 29.2 Å². The van der Waals surface area contributed by atoms with Crippen molar-refractivity contribution in [3.05, 3.63) is 64.4 Å². The molecule has 0 aliphatic carbocycles. The number of hydrogen-bond acceptors (Lipinski definition) is 5. The number of anilines is 1. The van der Waals surface area contributed by atoms with E-state index in [9.17, 15) is 9.18 Å². The first kappa shape index (κ1) is 18.4. The number of aliphatic imine (C=N–C) groups is 1. The Morgan fingerprint density at radius 1 is 1.33 bits per heavy atom. The van der Waals surface area contributed by atoms with E-state index in [0.29, 0.717) is 33.7 Å². The van der Waals surface area contributed by atoms with Crippen LogP contribution in [0.2, 0.25) is 5.02 Å². The molecule has 1 saturated heterocycles. The smallest absolute Gasteiger partial charge is 0.241 e. The number of halogens is 2. The minimum absolute atomic E-state index is 0.0524. The highest BCUT2D eigenvalue weighted by molar-refractivity contribution is 8.13. The lowest BCUT2D eigenvalue weighted by atomic mass is 10.0. The van der Waals surface area contributed by atoms with Crippen LogP contribution in [-0.2, 0) is 10.5 Å². The average molecular weight is 405 g/mol. The number of carbonyl (C=O) groups excluding carboxylic acids is 1. The lowest BCUT2D eigenvalue weighted by Gasteiger charge is -2.32. The molecular weight excluding hydrogens is 387 g/mol. The molecule has 4 rings (SSSR count). The largest absolute Gasteiger partial charge is 0.274 e. The molecule has 2 unspecified atom stereocenters. The lowest BCUT2D eigenvalue weighted by molar-refractivity contribution is -0.121. The number of amides is 1. The molecule has 0 radical (unpaired) electrons. The number of amidine groups is 1. The number of fused-ring (bicyclic) bond motifs is 1. The molecule has 0 bridgehead atoms. The van der Waals surface area contributed by atoms with Crippen LogP contribution < -0.4 is 15.8 Å². The van der Waals surface area contributed by atoms with Crippen LogP contribution in [0.1, 0.15) is 11.1 Å². The van der Waals surface area contributed by atoms with Crippen molar-refractivity contribution >= 4 is 40.1 Å². The second kappa shape index (κ2) is 7.59. The maximum absolute atomic E-state index is 14.0. The summed E-state index contributed by atoms with van der Waals surface area (Å²) in [6.07, 6.45) is -0.321. The zero-order valence-electron chi connectivity index (χ0n) is 14.6. The van der Waals surface area contributed by atoms with E-state index in [-0.39, 0.29) is 23.8 Å². The second-order valence-electron chi connectivity index (χ2n) is 6.48. The fourth-order valence-electron chi connectivity index (χ4n) is 3.09. The van der Waals surface area contributed by atoms with Crippen molar-refractivity contribution in [1.82, 2.24) is 10.9 Å². The molecule has 8 heteroatoms. The van der Waals surface area contributed by atoms with E-state index in [0.717, 1.165) is 5.56 Å². The number of nitrogens with one attached hydrogen (secondary N) is 2. The molecule has 2 aliphatic heterocycles. The molecule has 0 aromatic heterocycles. The van der Waals surface area contributed by atoms with E-state index >= 15 is 0 Å². The summed E-state index contributed by atoms with van der Waals surface area (Å²) in [7, 11) is 0. The number of benzene rings is 2. The van der Waals surface area contributed by atoms with Crippen molar-refractivity contribution in [3.8, 4) is 0 Å². The Morgan fingerprint density at radius 2 is 2.15 bits per heavy atom. The molecular formula is C19H18ClFN4OS. The van der Waals surface area contributed by atoms with Gasteiger partial charge in [0.05, 0.1) is 11.6 Å². The predicted molar refractivity (Wildman–Crippen MR) is 107 cm³/mol. The van der Waals surface area contributed by atoms with Gasteiger partial charge in [0.25, 0.3) is 0 Å². The van der Waals surface area contributed by atoms with Crippen molar-refractivity contribution < 1.29 is 9.18 Å². The van der Waals surface area contributed by atoms with Crippen LogP contribution in [0.3, 0.4) is 0 Å². The van der Waals surface area contributed by atoms with Gasteiger partial charge in [-0.3, -0.25) is 15.1 Å². The fraction of sp³-hybridized carbons (Fsp3) is 0.263. The predicted octanol–water partition coefficient (Wildman–Crippen LogP) is 3.47. The number of carbonyl (C=O) groups is 1. The van der Waals surface area contributed by atoms with E-state index in [1.165, 1.54) is 17.8 Å². The Bertz CT molecular complexity index is 922. The Kier molecular flexibility index (Phi) is 5.19. The van der Waals surface area contributed by atoms with Gasteiger partial charge < -0.3 is 0 Å². The van der Waals surface area contributed by atoms with Crippen LogP contribution in [0.4, 0.5) is 10.1 Å². The van der Waals surface area contributed by atoms with E-state index in [1.807, 2.05) is 19.1 Å². The van der Waals surface area contributed by atoms with Gasteiger partial charge in [0, 0.05) is 17.3 Å². The molecule has 2 atom stereocenters. The highest BCUT2D eigenvalue weighted by Crippen LogP contribution is 2.32. The summed E-state index contributed by atoms with van der Waals surface area (Å²) in [5.74, 6) is -0.234. The molecule has 2 N–H and O–H groups in total. The second-order valence-corrected chi connectivity index (χ2v) is 7.83. The molecule has 2 aromatic rings. The first-order valence-corrected chi connectivity index (χ1v) is 9.93. The monoisotopic (exact) mass is 404 g/mol. The average Bonchev–Trinajstić information content (AvgIpc) is 3.13. The number of aryl methyl sites for hydroxylation is 1. The molecule has 0 spiro atoms. The van der Waals surface area contributed by atoms with Crippen LogP contribution >= 0.6 is 23.4 Å². The summed E-state index contributed by atoms with van der Waals surface area (Å²) in [6, 6.07) is 12.1. The molecule has 2 aliphatic rings. The van der Waals surface area contributed by atoms with Gasteiger partial charge in [0.15, 0.2) is 5.17 Å². The van der Waals surface area contributed by atoms with Crippen molar-refractivity contribution in [3.63, 3.8) is 0 Å².